The van der Waals surface area contributed by atoms with Crippen LogP contribution in [-0.4, -0.2) is 5.91 Å². The van der Waals surface area contributed by atoms with Crippen LogP contribution in [-0.2, 0) is 4.79 Å². The Bertz CT molecular complexity index is 248. The molecule has 0 heterocycles. The van der Waals surface area contributed by atoms with Crippen molar-refractivity contribution in [3.05, 3.63) is 35.9 Å². The van der Waals surface area contributed by atoms with Crippen LogP contribution in [0.1, 0.15) is 10.8 Å². The average molecular weight is 166 g/mol. The van der Waals surface area contributed by atoms with Crippen molar-refractivity contribution in [2.24, 2.45) is 0 Å². The van der Waals surface area contributed by atoms with Crippen LogP contribution in [0.15, 0.2) is 30.3 Å². The number of hydrogen-bond donors (Lipinski definition) is 1. The van der Waals surface area contributed by atoms with E-state index in [-0.39, 0.29) is 0 Å². The number of rotatable bonds is 2. The molecule has 1 unspecified atom stereocenters. The molecule has 0 bridgehead atoms. The molecule has 0 aliphatic carbocycles. The smallest absolute Gasteiger partial charge is 0.255 e. The molecule has 1 N–H and O–H groups in total. The van der Waals surface area contributed by atoms with Gasteiger partial charge in [0.25, 0.3) is 5.91 Å². The number of carbonyl (C=O) groups excluding carboxylic acids is 1. The monoisotopic (exact) mass is 166 g/mol. The summed E-state index contributed by atoms with van der Waals surface area (Å²) in [6.45, 7) is 0. The topological polar surface area (TPSA) is 40.9 Å². The van der Waals surface area contributed by atoms with Gasteiger partial charge in [-0.2, -0.15) is 12.6 Å². The van der Waals surface area contributed by atoms with E-state index in [4.69, 9.17) is 5.73 Å². The van der Waals surface area contributed by atoms with Crippen LogP contribution < -0.4 is 5.73 Å². The third-order valence-electron chi connectivity index (χ3n) is 1.36. The molecule has 0 spiro atoms. The van der Waals surface area contributed by atoms with Crippen molar-refractivity contribution < 1.29 is 4.79 Å². The van der Waals surface area contributed by atoms with E-state index in [1.807, 2.05) is 18.2 Å². The third-order valence-corrected chi connectivity index (χ3v) is 1.90. The summed E-state index contributed by atoms with van der Waals surface area (Å²) in [6, 6.07) is 9.07. The number of carbonyl (C=O) groups is 1. The minimum absolute atomic E-state index is 0.601. The summed E-state index contributed by atoms with van der Waals surface area (Å²) in [4.78, 5) is 10.5. The molecule has 0 saturated carbocycles. The summed E-state index contributed by atoms with van der Waals surface area (Å²) < 4.78 is 0. The van der Waals surface area contributed by atoms with Crippen molar-refractivity contribution in [2.75, 3.05) is 0 Å². The average Bonchev–Trinajstić information content (AvgIpc) is 2.05. The van der Waals surface area contributed by atoms with E-state index < -0.39 is 11.2 Å². The van der Waals surface area contributed by atoms with Crippen molar-refractivity contribution >= 4 is 18.5 Å². The molecule has 0 aromatic heterocycles. The second-order valence-corrected chi connectivity index (χ2v) is 2.69. The van der Waals surface area contributed by atoms with Gasteiger partial charge >= 0.3 is 0 Å². The molecule has 0 aliphatic heterocycles. The summed E-state index contributed by atoms with van der Waals surface area (Å²) in [5, 5.41) is -0.601. The molecule has 0 saturated heterocycles. The molecule has 1 amide bonds. The Morgan fingerprint density at radius 1 is 1.36 bits per heavy atom. The number of thiol groups is 1. The second kappa shape index (κ2) is 3.44. The fourth-order valence-corrected chi connectivity index (χ4v) is 0.959. The maximum Gasteiger partial charge on any atom is 0.255 e. The molecule has 2 nitrogen and oxygen atoms in total. The fourth-order valence-electron chi connectivity index (χ4n) is 0.787. The predicted octanol–water partition coefficient (Wildman–Crippen LogP) is 1.47. The van der Waals surface area contributed by atoms with Gasteiger partial charge in [-0.3, -0.25) is 10.5 Å². The van der Waals surface area contributed by atoms with Crippen LogP contribution in [0, 0.1) is 0 Å². The lowest BCUT2D eigenvalue weighted by molar-refractivity contribution is -0.118. The quantitative estimate of drug-likeness (QED) is 0.664. The number of amides is 1. The van der Waals surface area contributed by atoms with E-state index in [9.17, 15) is 4.79 Å². The molecule has 1 aromatic carbocycles. The number of hydrogen-bond acceptors (Lipinski definition) is 2. The van der Waals surface area contributed by atoms with E-state index in [1.165, 1.54) is 0 Å². The van der Waals surface area contributed by atoms with E-state index in [1.54, 1.807) is 12.1 Å². The van der Waals surface area contributed by atoms with Crippen molar-refractivity contribution in [1.29, 1.82) is 0 Å². The van der Waals surface area contributed by atoms with Gasteiger partial charge in [0.1, 0.15) is 5.25 Å². The van der Waals surface area contributed by atoms with E-state index >= 15 is 0 Å². The van der Waals surface area contributed by atoms with Gasteiger partial charge in [-0.15, -0.1) is 0 Å². The highest BCUT2D eigenvalue weighted by Crippen LogP contribution is 2.18. The molecule has 11 heavy (non-hydrogen) atoms. The van der Waals surface area contributed by atoms with Gasteiger partial charge in [0.2, 0.25) is 0 Å². The van der Waals surface area contributed by atoms with Crippen molar-refractivity contribution in [3.63, 3.8) is 0 Å². The minimum atomic E-state index is -0.667. The first-order chi connectivity index (χ1) is 5.22. The first-order valence-corrected chi connectivity index (χ1v) is 3.72. The summed E-state index contributed by atoms with van der Waals surface area (Å²) >= 11 is 3.98. The third kappa shape index (κ3) is 1.98. The SMILES string of the molecule is [NH]C(=O)C(S)c1ccccc1. The first kappa shape index (κ1) is 8.14. The lowest BCUT2D eigenvalue weighted by Gasteiger charge is -2.03. The fraction of sp³-hybridized carbons (Fsp3) is 0.125. The van der Waals surface area contributed by atoms with Crippen LogP contribution in [0.3, 0.4) is 0 Å². The Labute approximate surface area is 70.8 Å². The Kier molecular flexibility index (Phi) is 2.54. The number of nitrogens with one attached hydrogen (secondary N) is 1. The predicted molar refractivity (Wildman–Crippen MR) is 46.3 cm³/mol. The van der Waals surface area contributed by atoms with Gasteiger partial charge < -0.3 is 0 Å². The van der Waals surface area contributed by atoms with Gasteiger partial charge in [-0.05, 0) is 5.56 Å². The Morgan fingerprint density at radius 3 is 2.36 bits per heavy atom. The molecule has 3 heteroatoms. The van der Waals surface area contributed by atoms with E-state index in [0.717, 1.165) is 5.56 Å². The van der Waals surface area contributed by atoms with Crippen LogP contribution in [0.4, 0.5) is 0 Å². The normalized spacial score (nSPS) is 12.5. The molecule has 1 aromatic rings. The molecular formula is C8H8NOS. The summed E-state index contributed by atoms with van der Waals surface area (Å²) in [5.74, 6) is -0.667. The maximum absolute atomic E-state index is 10.5. The van der Waals surface area contributed by atoms with Crippen LogP contribution in [0.25, 0.3) is 0 Å². The Balaban J connectivity index is 2.85. The lowest BCUT2D eigenvalue weighted by Crippen LogP contribution is -2.06. The molecule has 1 radical (unpaired) electrons. The van der Waals surface area contributed by atoms with Crippen molar-refractivity contribution in [2.45, 2.75) is 5.25 Å². The van der Waals surface area contributed by atoms with Gasteiger partial charge in [-0.1, -0.05) is 30.3 Å². The summed E-state index contributed by atoms with van der Waals surface area (Å²) in [7, 11) is 0. The molecule has 0 fully saturated rings. The van der Waals surface area contributed by atoms with E-state index in [0.29, 0.717) is 0 Å². The summed E-state index contributed by atoms with van der Waals surface area (Å²) in [5.41, 5.74) is 7.58. The Morgan fingerprint density at radius 2 is 1.91 bits per heavy atom. The second-order valence-electron chi connectivity index (χ2n) is 2.18. The zero-order chi connectivity index (χ0) is 8.27. The van der Waals surface area contributed by atoms with Crippen LogP contribution in [0.2, 0.25) is 0 Å². The van der Waals surface area contributed by atoms with Crippen LogP contribution in [0.5, 0.6) is 0 Å². The van der Waals surface area contributed by atoms with E-state index in [2.05, 4.69) is 12.6 Å². The molecular weight excluding hydrogens is 158 g/mol. The Hall–Kier alpha value is -0.960. The van der Waals surface area contributed by atoms with Gasteiger partial charge in [-0.25, -0.2) is 0 Å². The highest BCUT2D eigenvalue weighted by Gasteiger charge is 2.11. The summed E-state index contributed by atoms with van der Waals surface area (Å²) in [6.07, 6.45) is 0. The molecule has 1 rings (SSSR count). The standard InChI is InChI=1S/C8H8NOS/c9-8(10)7(11)6-4-2-1-3-5-6/h1-5,7,9,11H. The molecule has 0 aliphatic rings. The largest absolute Gasteiger partial charge is 0.272 e. The van der Waals surface area contributed by atoms with Crippen molar-refractivity contribution in [1.82, 2.24) is 5.73 Å². The van der Waals surface area contributed by atoms with Gasteiger partial charge in [0.15, 0.2) is 0 Å². The van der Waals surface area contributed by atoms with Crippen molar-refractivity contribution in [3.8, 4) is 0 Å². The zero-order valence-electron chi connectivity index (χ0n) is 5.82. The number of benzene rings is 1. The molecule has 1 atom stereocenters. The van der Waals surface area contributed by atoms with Gasteiger partial charge in [0.05, 0.1) is 0 Å². The molecule has 57 valence electrons. The highest BCUT2D eigenvalue weighted by molar-refractivity contribution is 7.81. The first-order valence-electron chi connectivity index (χ1n) is 3.20. The highest BCUT2D eigenvalue weighted by atomic mass is 32.1. The zero-order valence-corrected chi connectivity index (χ0v) is 6.71. The maximum atomic E-state index is 10.5. The minimum Gasteiger partial charge on any atom is -0.272 e. The lowest BCUT2D eigenvalue weighted by atomic mass is 10.1. The van der Waals surface area contributed by atoms with Crippen LogP contribution >= 0.6 is 12.6 Å². The van der Waals surface area contributed by atoms with Gasteiger partial charge in [0, 0.05) is 0 Å².